The lowest BCUT2D eigenvalue weighted by atomic mass is 10.1. The first kappa shape index (κ1) is 16.2. The first-order valence-corrected chi connectivity index (χ1v) is 6.17. The van der Waals surface area contributed by atoms with Gasteiger partial charge in [0.1, 0.15) is 6.04 Å². The monoisotopic (exact) mass is 292 g/mol. The van der Waals surface area contributed by atoms with Crippen molar-refractivity contribution in [3.8, 4) is 0 Å². The Morgan fingerprint density at radius 3 is 2.57 bits per heavy atom. The van der Waals surface area contributed by atoms with E-state index in [1.54, 1.807) is 24.3 Å². The largest absolute Gasteiger partial charge is 0.481 e. The number of amides is 1. The highest BCUT2D eigenvalue weighted by molar-refractivity contribution is 5.94. The van der Waals surface area contributed by atoms with Gasteiger partial charge in [0.2, 0.25) is 5.91 Å². The highest BCUT2D eigenvalue weighted by Gasteiger charge is 2.19. The molecule has 0 saturated heterocycles. The predicted octanol–water partition coefficient (Wildman–Crippen LogP) is 0.716. The van der Waals surface area contributed by atoms with Crippen LogP contribution in [0.5, 0.6) is 0 Å². The number of nitrogens with two attached hydrogens (primary N) is 1. The van der Waals surface area contributed by atoms with Gasteiger partial charge in [-0.2, -0.15) is 0 Å². The second-order valence-corrected chi connectivity index (χ2v) is 4.34. The summed E-state index contributed by atoms with van der Waals surface area (Å²) in [6.45, 7) is 0. The number of carbonyl (C=O) groups is 3. The van der Waals surface area contributed by atoms with Gasteiger partial charge in [-0.05, 0) is 30.2 Å². The molecule has 0 radical (unpaired) electrons. The number of anilines is 1. The Morgan fingerprint density at radius 2 is 2.00 bits per heavy atom. The number of hydrogen-bond donors (Lipinski definition) is 4. The molecule has 0 bridgehead atoms. The van der Waals surface area contributed by atoms with Crippen LogP contribution in [0.1, 0.15) is 18.4 Å². The van der Waals surface area contributed by atoms with Crippen molar-refractivity contribution in [2.24, 2.45) is 0 Å². The van der Waals surface area contributed by atoms with Gasteiger partial charge in [-0.15, -0.1) is 0 Å². The molecule has 0 spiro atoms. The van der Waals surface area contributed by atoms with Crippen LogP contribution in [0, 0.1) is 0 Å². The summed E-state index contributed by atoms with van der Waals surface area (Å²) >= 11 is 0. The minimum absolute atomic E-state index is 0.178. The molecule has 0 aliphatic carbocycles. The fourth-order valence-corrected chi connectivity index (χ4v) is 1.58. The molecule has 0 aliphatic rings. The van der Waals surface area contributed by atoms with Crippen molar-refractivity contribution in [1.82, 2.24) is 5.32 Å². The summed E-state index contributed by atoms with van der Waals surface area (Å²) in [5, 5.41) is 19.7. The lowest BCUT2D eigenvalue weighted by Crippen LogP contribution is -2.40. The molecule has 0 aliphatic heterocycles. The molecule has 112 valence electrons. The minimum Gasteiger partial charge on any atom is -0.481 e. The van der Waals surface area contributed by atoms with Crippen molar-refractivity contribution in [3.63, 3.8) is 0 Å². The van der Waals surface area contributed by atoms with Gasteiger partial charge in [0, 0.05) is 18.2 Å². The van der Waals surface area contributed by atoms with Crippen LogP contribution in [0.2, 0.25) is 0 Å². The summed E-state index contributed by atoms with van der Waals surface area (Å²) in [4.78, 5) is 33.0. The van der Waals surface area contributed by atoms with E-state index >= 15 is 0 Å². The Morgan fingerprint density at radius 1 is 1.29 bits per heavy atom. The molecule has 5 N–H and O–H groups in total. The molecule has 1 unspecified atom stereocenters. The minimum atomic E-state index is -1.28. The molecule has 1 aromatic carbocycles. The maximum atomic E-state index is 11.6. The zero-order valence-electron chi connectivity index (χ0n) is 11.2. The number of carboxylic acid groups (broad SMARTS) is 2. The van der Waals surface area contributed by atoms with E-state index in [4.69, 9.17) is 15.9 Å². The van der Waals surface area contributed by atoms with Crippen molar-refractivity contribution in [2.45, 2.75) is 18.9 Å². The van der Waals surface area contributed by atoms with Crippen molar-refractivity contribution < 1.29 is 24.6 Å². The molecule has 7 nitrogen and oxygen atoms in total. The van der Waals surface area contributed by atoms with Crippen molar-refractivity contribution in [1.29, 1.82) is 0 Å². The molecule has 1 rings (SSSR count). The Balaban J connectivity index is 2.61. The first-order chi connectivity index (χ1) is 9.88. The van der Waals surface area contributed by atoms with Crippen LogP contribution in [-0.2, 0) is 14.4 Å². The van der Waals surface area contributed by atoms with Crippen LogP contribution in [0.15, 0.2) is 30.3 Å². The van der Waals surface area contributed by atoms with Gasteiger partial charge < -0.3 is 21.3 Å². The van der Waals surface area contributed by atoms with Crippen LogP contribution < -0.4 is 11.1 Å². The molecular weight excluding hydrogens is 276 g/mol. The standard InChI is InChI=1S/C14H16N2O5/c15-10-3-1-2-9(8-10)4-6-12(17)16-11(14(20)21)5-7-13(18)19/h1-4,6,8,11H,5,7,15H2,(H,16,17)(H,18,19)(H,20,21)/b6-4+. The van der Waals surface area contributed by atoms with Gasteiger partial charge in [-0.1, -0.05) is 12.1 Å². The SMILES string of the molecule is Nc1cccc(/C=C/C(=O)NC(CCC(=O)O)C(=O)O)c1. The number of rotatable bonds is 7. The van der Waals surface area contributed by atoms with Crippen molar-refractivity contribution in [3.05, 3.63) is 35.9 Å². The van der Waals surface area contributed by atoms with Gasteiger partial charge in [-0.25, -0.2) is 4.79 Å². The highest BCUT2D eigenvalue weighted by Crippen LogP contribution is 2.08. The van der Waals surface area contributed by atoms with E-state index in [0.717, 1.165) is 0 Å². The maximum absolute atomic E-state index is 11.6. The van der Waals surface area contributed by atoms with Crippen molar-refractivity contribution >= 4 is 29.6 Å². The number of aliphatic carboxylic acids is 2. The van der Waals surface area contributed by atoms with Gasteiger partial charge >= 0.3 is 11.9 Å². The summed E-state index contributed by atoms with van der Waals surface area (Å²) in [5.74, 6) is -3.01. The molecule has 21 heavy (non-hydrogen) atoms. The zero-order chi connectivity index (χ0) is 15.8. The number of nitrogen functional groups attached to an aromatic ring is 1. The summed E-state index contributed by atoms with van der Waals surface area (Å²) < 4.78 is 0. The lowest BCUT2D eigenvalue weighted by Gasteiger charge is -2.11. The number of nitrogens with one attached hydrogen (secondary N) is 1. The summed E-state index contributed by atoms with van der Waals surface area (Å²) in [6, 6.07) is 5.57. The van der Waals surface area contributed by atoms with Crippen LogP contribution >= 0.6 is 0 Å². The van der Waals surface area contributed by atoms with Crippen molar-refractivity contribution in [2.75, 3.05) is 5.73 Å². The second-order valence-electron chi connectivity index (χ2n) is 4.34. The Hall–Kier alpha value is -2.83. The highest BCUT2D eigenvalue weighted by atomic mass is 16.4. The summed E-state index contributed by atoms with van der Waals surface area (Å²) in [7, 11) is 0. The summed E-state index contributed by atoms with van der Waals surface area (Å²) in [6.07, 6.45) is 2.14. The number of hydrogen-bond acceptors (Lipinski definition) is 4. The average Bonchev–Trinajstić information content (AvgIpc) is 2.40. The molecule has 1 amide bonds. The fraction of sp³-hybridized carbons (Fsp3) is 0.214. The number of carboxylic acids is 2. The second kappa shape index (κ2) is 7.68. The van der Waals surface area contributed by atoms with Crippen LogP contribution in [0.3, 0.4) is 0 Å². The third-order valence-corrected chi connectivity index (χ3v) is 2.60. The van der Waals surface area contributed by atoms with Gasteiger partial charge in [0.05, 0.1) is 0 Å². The van der Waals surface area contributed by atoms with Gasteiger partial charge in [0.25, 0.3) is 0 Å². The molecule has 1 atom stereocenters. The molecule has 0 heterocycles. The first-order valence-electron chi connectivity index (χ1n) is 6.17. The number of benzene rings is 1. The third-order valence-electron chi connectivity index (χ3n) is 2.60. The predicted molar refractivity (Wildman–Crippen MR) is 76.3 cm³/mol. The van der Waals surface area contributed by atoms with E-state index in [1.165, 1.54) is 12.2 Å². The van der Waals surface area contributed by atoms with E-state index in [-0.39, 0.29) is 12.8 Å². The van der Waals surface area contributed by atoms with Gasteiger partial charge in [-0.3, -0.25) is 9.59 Å². The van der Waals surface area contributed by atoms with E-state index in [2.05, 4.69) is 5.32 Å². The van der Waals surface area contributed by atoms with E-state index in [0.29, 0.717) is 11.3 Å². The van der Waals surface area contributed by atoms with E-state index in [9.17, 15) is 14.4 Å². The van der Waals surface area contributed by atoms with E-state index < -0.39 is 23.9 Å². The molecule has 0 saturated carbocycles. The molecular formula is C14H16N2O5. The van der Waals surface area contributed by atoms with E-state index in [1.807, 2.05) is 0 Å². The fourth-order valence-electron chi connectivity index (χ4n) is 1.58. The quantitative estimate of drug-likeness (QED) is 0.432. The smallest absolute Gasteiger partial charge is 0.326 e. The Kier molecular flexibility index (Phi) is 5.94. The normalized spacial score (nSPS) is 12.0. The molecule has 7 heteroatoms. The van der Waals surface area contributed by atoms with Gasteiger partial charge in [0.15, 0.2) is 0 Å². The van der Waals surface area contributed by atoms with Crippen LogP contribution in [0.25, 0.3) is 6.08 Å². The summed E-state index contributed by atoms with van der Waals surface area (Å²) in [5.41, 5.74) is 6.83. The number of carbonyl (C=O) groups excluding carboxylic acids is 1. The third kappa shape index (κ3) is 6.24. The average molecular weight is 292 g/mol. The Bertz CT molecular complexity index is 568. The molecule has 1 aromatic rings. The van der Waals surface area contributed by atoms with Crippen LogP contribution in [0.4, 0.5) is 5.69 Å². The lowest BCUT2D eigenvalue weighted by molar-refractivity contribution is -0.142. The molecule has 0 fully saturated rings. The topological polar surface area (TPSA) is 130 Å². The maximum Gasteiger partial charge on any atom is 0.326 e. The van der Waals surface area contributed by atoms with Crippen LogP contribution in [-0.4, -0.2) is 34.1 Å². The zero-order valence-corrected chi connectivity index (χ0v) is 11.2. The Labute approximate surface area is 121 Å². The molecule has 0 aromatic heterocycles.